The highest BCUT2D eigenvalue weighted by molar-refractivity contribution is 5.30. The Morgan fingerprint density at radius 1 is 1.12 bits per heavy atom. The second kappa shape index (κ2) is 8.93. The molecule has 0 radical (unpaired) electrons. The maximum absolute atomic E-state index is 5.54. The monoisotopic (exact) mass is 237 g/mol. The van der Waals surface area contributed by atoms with E-state index in [-0.39, 0.29) is 0 Å². The van der Waals surface area contributed by atoms with Gasteiger partial charge in [-0.25, -0.2) is 4.98 Å². The Hall–Kier alpha value is -1.16. The number of unbranched alkanes of at least 4 members (excludes halogenated alkanes) is 3. The zero-order valence-electron chi connectivity index (χ0n) is 10.9. The molecule has 0 unspecified atom stereocenters. The second-order valence-corrected chi connectivity index (χ2v) is 4.04. The van der Waals surface area contributed by atoms with Crippen molar-refractivity contribution in [3.8, 4) is 0 Å². The first-order valence-corrected chi connectivity index (χ1v) is 6.49. The first-order valence-electron chi connectivity index (χ1n) is 6.49. The predicted molar refractivity (Wildman–Crippen MR) is 70.0 cm³/mol. The molecule has 1 heterocycles. The number of anilines is 1. The highest BCUT2D eigenvalue weighted by Crippen LogP contribution is 2.03. The molecule has 0 saturated heterocycles. The number of nitrogens with zero attached hydrogens (tertiary/aromatic N) is 2. The fourth-order valence-electron chi connectivity index (χ4n) is 1.51. The first-order chi connectivity index (χ1) is 8.36. The third-order valence-corrected chi connectivity index (χ3v) is 2.46. The van der Waals surface area contributed by atoms with Crippen LogP contribution in [0.5, 0.6) is 0 Å². The number of aromatic nitrogens is 2. The van der Waals surface area contributed by atoms with Crippen molar-refractivity contribution in [2.45, 2.75) is 46.1 Å². The van der Waals surface area contributed by atoms with E-state index in [1.165, 1.54) is 19.3 Å². The quantitative estimate of drug-likeness (QED) is 0.671. The molecule has 96 valence electrons. The van der Waals surface area contributed by atoms with Crippen LogP contribution in [-0.2, 0) is 11.3 Å². The Morgan fingerprint density at radius 2 is 2.00 bits per heavy atom. The molecule has 0 aliphatic carbocycles. The van der Waals surface area contributed by atoms with Gasteiger partial charge in [-0.1, -0.05) is 26.2 Å². The molecule has 0 atom stereocenters. The summed E-state index contributed by atoms with van der Waals surface area (Å²) in [6.07, 6.45) is 8.46. The van der Waals surface area contributed by atoms with Crippen molar-refractivity contribution < 1.29 is 4.74 Å². The molecule has 0 spiro atoms. The summed E-state index contributed by atoms with van der Waals surface area (Å²) in [5.74, 6) is 0.819. The molecular weight excluding hydrogens is 214 g/mol. The van der Waals surface area contributed by atoms with Crippen LogP contribution < -0.4 is 5.32 Å². The van der Waals surface area contributed by atoms with Crippen LogP contribution in [-0.4, -0.2) is 23.1 Å². The smallest absolute Gasteiger partial charge is 0.144 e. The second-order valence-electron chi connectivity index (χ2n) is 4.04. The van der Waals surface area contributed by atoms with Crippen molar-refractivity contribution in [3.63, 3.8) is 0 Å². The van der Waals surface area contributed by atoms with E-state index in [0.29, 0.717) is 6.61 Å². The van der Waals surface area contributed by atoms with E-state index in [0.717, 1.165) is 31.1 Å². The molecule has 17 heavy (non-hydrogen) atoms. The minimum absolute atomic E-state index is 0.561. The van der Waals surface area contributed by atoms with E-state index in [1.54, 1.807) is 12.4 Å². The van der Waals surface area contributed by atoms with Crippen LogP contribution >= 0.6 is 0 Å². The number of rotatable bonds is 9. The normalized spacial score (nSPS) is 10.5. The molecule has 1 aromatic rings. The molecule has 1 aromatic heterocycles. The summed E-state index contributed by atoms with van der Waals surface area (Å²) in [4.78, 5) is 8.52. The average Bonchev–Trinajstić information content (AvgIpc) is 2.36. The van der Waals surface area contributed by atoms with Crippen LogP contribution in [0.2, 0.25) is 0 Å². The van der Waals surface area contributed by atoms with E-state index < -0.39 is 0 Å². The zero-order valence-corrected chi connectivity index (χ0v) is 10.9. The highest BCUT2D eigenvalue weighted by atomic mass is 16.5. The van der Waals surface area contributed by atoms with Gasteiger partial charge >= 0.3 is 0 Å². The van der Waals surface area contributed by atoms with Gasteiger partial charge in [0.15, 0.2) is 0 Å². The maximum atomic E-state index is 5.54. The van der Waals surface area contributed by atoms with Crippen molar-refractivity contribution in [1.29, 1.82) is 0 Å². The summed E-state index contributed by atoms with van der Waals surface area (Å²) in [6.45, 7) is 6.49. The maximum Gasteiger partial charge on any atom is 0.144 e. The standard InChI is InChI=1S/C13H23N3O/c1-3-5-6-7-8-17-11-12-9-16-13(10-15-12)14-4-2/h9-10H,3-8,11H2,1-2H3,(H,14,16). The van der Waals surface area contributed by atoms with Gasteiger partial charge in [0.2, 0.25) is 0 Å². The minimum Gasteiger partial charge on any atom is -0.375 e. The molecule has 0 saturated carbocycles. The molecular formula is C13H23N3O. The Morgan fingerprint density at radius 3 is 2.65 bits per heavy atom. The molecule has 1 N–H and O–H groups in total. The molecule has 1 rings (SSSR count). The fourth-order valence-corrected chi connectivity index (χ4v) is 1.51. The Labute approximate surface area is 104 Å². The van der Waals surface area contributed by atoms with E-state index in [2.05, 4.69) is 22.2 Å². The lowest BCUT2D eigenvalue weighted by molar-refractivity contribution is 0.114. The Kier molecular flexibility index (Phi) is 7.30. The zero-order chi connectivity index (χ0) is 12.3. The number of ether oxygens (including phenoxy) is 1. The molecule has 4 nitrogen and oxygen atoms in total. The van der Waals surface area contributed by atoms with Gasteiger partial charge in [0, 0.05) is 13.2 Å². The number of hydrogen-bond donors (Lipinski definition) is 1. The van der Waals surface area contributed by atoms with Gasteiger partial charge in [-0.3, -0.25) is 4.98 Å². The molecule has 0 amide bonds. The van der Waals surface area contributed by atoms with Gasteiger partial charge in [0.1, 0.15) is 5.82 Å². The van der Waals surface area contributed by atoms with Crippen LogP contribution in [0.1, 0.15) is 45.2 Å². The first kappa shape index (κ1) is 13.9. The number of nitrogens with one attached hydrogen (secondary N) is 1. The van der Waals surface area contributed by atoms with Crippen molar-refractivity contribution in [1.82, 2.24) is 9.97 Å². The molecule has 0 aliphatic rings. The SMILES string of the molecule is CCCCCCOCc1cnc(NCC)cn1. The van der Waals surface area contributed by atoms with Gasteiger partial charge in [0.05, 0.1) is 24.7 Å². The predicted octanol–water partition coefficient (Wildman–Crippen LogP) is 3.01. The Balaban J connectivity index is 2.14. The summed E-state index contributed by atoms with van der Waals surface area (Å²) in [6, 6.07) is 0. The van der Waals surface area contributed by atoms with Crippen molar-refractivity contribution in [2.75, 3.05) is 18.5 Å². The van der Waals surface area contributed by atoms with E-state index in [4.69, 9.17) is 4.74 Å². The summed E-state index contributed by atoms with van der Waals surface area (Å²) in [5, 5.41) is 3.11. The molecule has 0 aliphatic heterocycles. The van der Waals surface area contributed by atoms with Gasteiger partial charge in [-0.2, -0.15) is 0 Å². The summed E-state index contributed by atoms with van der Waals surface area (Å²) >= 11 is 0. The van der Waals surface area contributed by atoms with Crippen molar-refractivity contribution >= 4 is 5.82 Å². The van der Waals surface area contributed by atoms with Crippen LogP contribution in [0.3, 0.4) is 0 Å². The van der Waals surface area contributed by atoms with Crippen LogP contribution in [0, 0.1) is 0 Å². The van der Waals surface area contributed by atoms with Gasteiger partial charge in [0.25, 0.3) is 0 Å². The van der Waals surface area contributed by atoms with Gasteiger partial charge in [-0.05, 0) is 13.3 Å². The lowest BCUT2D eigenvalue weighted by Gasteiger charge is -2.05. The van der Waals surface area contributed by atoms with Gasteiger partial charge < -0.3 is 10.1 Å². The highest BCUT2D eigenvalue weighted by Gasteiger charge is 1.97. The lowest BCUT2D eigenvalue weighted by Crippen LogP contribution is -2.02. The summed E-state index contributed by atoms with van der Waals surface area (Å²) < 4.78 is 5.54. The molecule has 0 fully saturated rings. The fraction of sp³-hybridized carbons (Fsp3) is 0.692. The Bertz CT molecular complexity index is 287. The van der Waals surface area contributed by atoms with Crippen LogP contribution in [0.25, 0.3) is 0 Å². The largest absolute Gasteiger partial charge is 0.375 e. The number of hydrogen-bond acceptors (Lipinski definition) is 4. The van der Waals surface area contributed by atoms with Crippen molar-refractivity contribution in [2.24, 2.45) is 0 Å². The van der Waals surface area contributed by atoms with Crippen LogP contribution in [0.4, 0.5) is 5.82 Å². The van der Waals surface area contributed by atoms with Crippen molar-refractivity contribution in [3.05, 3.63) is 18.1 Å². The molecule has 0 bridgehead atoms. The third kappa shape index (κ3) is 6.22. The van der Waals surface area contributed by atoms with Gasteiger partial charge in [-0.15, -0.1) is 0 Å². The lowest BCUT2D eigenvalue weighted by atomic mass is 10.2. The molecule has 4 heteroatoms. The van der Waals surface area contributed by atoms with E-state index in [9.17, 15) is 0 Å². The third-order valence-electron chi connectivity index (χ3n) is 2.46. The topological polar surface area (TPSA) is 47.0 Å². The summed E-state index contributed by atoms with van der Waals surface area (Å²) in [5.41, 5.74) is 0.891. The van der Waals surface area contributed by atoms with Crippen LogP contribution in [0.15, 0.2) is 12.4 Å². The average molecular weight is 237 g/mol. The van der Waals surface area contributed by atoms with E-state index >= 15 is 0 Å². The molecule has 0 aromatic carbocycles. The minimum atomic E-state index is 0.561. The van der Waals surface area contributed by atoms with E-state index in [1.807, 2.05) is 6.92 Å². The summed E-state index contributed by atoms with van der Waals surface area (Å²) in [7, 11) is 0.